The van der Waals surface area contributed by atoms with Gasteiger partial charge >= 0.3 is 5.97 Å². The fourth-order valence-corrected chi connectivity index (χ4v) is 2.25. The largest absolute Gasteiger partial charge is 0.461 e. The molecule has 1 aromatic rings. The van der Waals surface area contributed by atoms with Crippen LogP contribution in [0.2, 0.25) is 5.02 Å². The van der Waals surface area contributed by atoms with Gasteiger partial charge in [-0.1, -0.05) is 23.7 Å². The zero-order chi connectivity index (χ0) is 12.8. The van der Waals surface area contributed by atoms with Crippen molar-refractivity contribution in [1.29, 1.82) is 0 Å². The molecule has 0 bridgehead atoms. The maximum atomic E-state index is 11.7. The van der Waals surface area contributed by atoms with Gasteiger partial charge in [0.25, 0.3) is 0 Å². The first kappa shape index (κ1) is 13.4. The van der Waals surface area contributed by atoms with Crippen LogP contribution in [0.25, 0.3) is 0 Å². The molecule has 0 aromatic heterocycles. The average molecular weight is 268 g/mol. The number of halogens is 1. The lowest BCUT2D eigenvalue weighted by atomic mass is 9.95. The molecule has 0 spiro atoms. The summed E-state index contributed by atoms with van der Waals surface area (Å²) < 4.78 is 5.27. The minimum absolute atomic E-state index is 0.100. The van der Waals surface area contributed by atoms with E-state index in [1.54, 1.807) is 12.1 Å². The van der Waals surface area contributed by atoms with Crippen molar-refractivity contribution in [2.75, 3.05) is 13.1 Å². The molecule has 1 saturated heterocycles. The molecule has 0 aliphatic carbocycles. The molecule has 0 saturated carbocycles. The second kappa shape index (κ2) is 6.76. The van der Waals surface area contributed by atoms with Gasteiger partial charge in [-0.3, -0.25) is 4.79 Å². The molecule has 0 atom stereocenters. The summed E-state index contributed by atoms with van der Waals surface area (Å²) in [6, 6.07) is 7.36. The lowest BCUT2D eigenvalue weighted by molar-refractivity contribution is -0.146. The fourth-order valence-electron chi connectivity index (χ4n) is 2.12. The molecule has 0 radical (unpaired) electrons. The van der Waals surface area contributed by atoms with Gasteiger partial charge in [-0.25, -0.2) is 0 Å². The Hall–Kier alpha value is -1.06. The third kappa shape index (κ3) is 4.31. The lowest BCUT2D eigenvalue weighted by Gasteiger charge is -2.21. The smallest absolute Gasteiger partial charge is 0.306 e. The molecule has 2 rings (SSSR count). The second-order valence-corrected chi connectivity index (χ2v) is 5.12. The van der Waals surface area contributed by atoms with E-state index in [0.29, 0.717) is 24.0 Å². The van der Waals surface area contributed by atoms with Crippen LogP contribution in [-0.4, -0.2) is 19.1 Å². The lowest BCUT2D eigenvalue weighted by Crippen LogP contribution is -2.29. The molecule has 0 amide bonds. The highest BCUT2D eigenvalue weighted by molar-refractivity contribution is 6.30. The molecule has 1 heterocycles. The number of esters is 1. The van der Waals surface area contributed by atoms with E-state index in [1.807, 2.05) is 12.1 Å². The van der Waals surface area contributed by atoms with Crippen molar-refractivity contribution in [2.24, 2.45) is 5.92 Å². The first-order chi connectivity index (χ1) is 8.74. The molecule has 3 nitrogen and oxygen atoms in total. The molecule has 1 aliphatic heterocycles. The van der Waals surface area contributed by atoms with Crippen molar-refractivity contribution in [1.82, 2.24) is 5.32 Å². The summed E-state index contributed by atoms with van der Waals surface area (Å²) in [5.74, 6) is 0.376. The molecule has 1 aromatic carbocycles. The van der Waals surface area contributed by atoms with Crippen LogP contribution in [0.1, 0.15) is 24.8 Å². The second-order valence-electron chi connectivity index (χ2n) is 4.68. The number of rotatable bonds is 4. The highest BCUT2D eigenvalue weighted by atomic mass is 35.5. The molecular weight excluding hydrogens is 250 g/mol. The van der Waals surface area contributed by atoms with Gasteiger partial charge < -0.3 is 10.1 Å². The Kier molecular flexibility index (Phi) is 5.02. The van der Waals surface area contributed by atoms with Crippen molar-refractivity contribution in [2.45, 2.75) is 25.9 Å². The van der Waals surface area contributed by atoms with Gasteiger partial charge in [0.1, 0.15) is 6.61 Å². The van der Waals surface area contributed by atoms with Crippen molar-refractivity contribution in [3.8, 4) is 0 Å². The first-order valence-corrected chi connectivity index (χ1v) is 6.72. The maximum absolute atomic E-state index is 11.7. The molecule has 0 unspecified atom stereocenters. The Morgan fingerprint density at radius 1 is 1.28 bits per heavy atom. The van der Waals surface area contributed by atoms with Crippen molar-refractivity contribution in [3.05, 3.63) is 34.9 Å². The van der Waals surface area contributed by atoms with Gasteiger partial charge in [0.05, 0.1) is 0 Å². The van der Waals surface area contributed by atoms with Crippen LogP contribution in [-0.2, 0) is 16.1 Å². The summed E-state index contributed by atoms with van der Waals surface area (Å²) in [4.78, 5) is 11.7. The molecule has 18 heavy (non-hydrogen) atoms. The monoisotopic (exact) mass is 267 g/mol. The predicted molar refractivity (Wildman–Crippen MR) is 71.5 cm³/mol. The highest BCUT2D eigenvalue weighted by Crippen LogP contribution is 2.17. The van der Waals surface area contributed by atoms with Gasteiger partial charge in [0, 0.05) is 11.4 Å². The van der Waals surface area contributed by atoms with Crippen LogP contribution < -0.4 is 5.32 Å². The van der Waals surface area contributed by atoms with E-state index in [0.717, 1.165) is 31.5 Å². The Morgan fingerprint density at radius 3 is 2.61 bits per heavy atom. The number of hydrogen-bond donors (Lipinski definition) is 1. The van der Waals surface area contributed by atoms with Crippen molar-refractivity contribution >= 4 is 17.6 Å². The van der Waals surface area contributed by atoms with Gasteiger partial charge in [0.15, 0.2) is 0 Å². The molecule has 1 aliphatic rings. The Labute approximate surface area is 112 Å². The fraction of sp³-hybridized carbons (Fsp3) is 0.500. The number of nitrogens with one attached hydrogen (secondary N) is 1. The highest BCUT2D eigenvalue weighted by Gasteiger charge is 2.17. The minimum Gasteiger partial charge on any atom is -0.461 e. The predicted octanol–water partition coefficient (Wildman–Crippen LogP) is 2.77. The summed E-state index contributed by atoms with van der Waals surface area (Å²) in [5.41, 5.74) is 0.970. The Bertz CT molecular complexity index is 385. The van der Waals surface area contributed by atoms with E-state index in [9.17, 15) is 4.79 Å². The van der Waals surface area contributed by atoms with E-state index in [-0.39, 0.29) is 5.97 Å². The van der Waals surface area contributed by atoms with E-state index < -0.39 is 0 Å². The summed E-state index contributed by atoms with van der Waals surface area (Å²) in [6.07, 6.45) is 2.67. The van der Waals surface area contributed by atoms with E-state index in [4.69, 9.17) is 16.3 Å². The zero-order valence-electron chi connectivity index (χ0n) is 10.3. The number of benzene rings is 1. The van der Waals surface area contributed by atoms with Crippen molar-refractivity contribution < 1.29 is 9.53 Å². The molecule has 98 valence electrons. The topological polar surface area (TPSA) is 38.3 Å². The van der Waals surface area contributed by atoms with Crippen LogP contribution >= 0.6 is 11.6 Å². The quantitative estimate of drug-likeness (QED) is 0.853. The third-order valence-corrected chi connectivity index (χ3v) is 3.48. The van der Waals surface area contributed by atoms with Crippen LogP contribution in [0.15, 0.2) is 24.3 Å². The van der Waals surface area contributed by atoms with Crippen LogP contribution in [0, 0.1) is 5.92 Å². The maximum Gasteiger partial charge on any atom is 0.306 e. The number of hydrogen-bond acceptors (Lipinski definition) is 3. The standard InChI is InChI=1S/C14H18ClNO2/c15-13-3-1-12(2-4-13)10-18-14(17)9-11-5-7-16-8-6-11/h1-4,11,16H,5-10H2. The Balaban J connectivity index is 1.72. The van der Waals surface area contributed by atoms with Crippen LogP contribution in [0.3, 0.4) is 0 Å². The average Bonchev–Trinajstić information content (AvgIpc) is 2.39. The zero-order valence-corrected chi connectivity index (χ0v) is 11.1. The summed E-state index contributed by atoms with van der Waals surface area (Å²) in [6.45, 7) is 2.35. The number of piperidine rings is 1. The van der Waals surface area contributed by atoms with Crippen molar-refractivity contribution in [3.63, 3.8) is 0 Å². The summed E-state index contributed by atoms with van der Waals surface area (Å²) in [7, 11) is 0. The molecule has 1 fully saturated rings. The van der Waals surface area contributed by atoms with Gasteiger partial charge in [-0.15, -0.1) is 0 Å². The van der Waals surface area contributed by atoms with E-state index >= 15 is 0 Å². The molecular formula is C14H18ClNO2. The summed E-state index contributed by atoms with van der Waals surface area (Å²) >= 11 is 5.79. The van der Waals surface area contributed by atoms with Gasteiger partial charge in [-0.05, 0) is 49.5 Å². The number of ether oxygens (including phenoxy) is 1. The molecule has 1 N–H and O–H groups in total. The van der Waals surface area contributed by atoms with Crippen LogP contribution in [0.4, 0.5) is 0 Å². The minimum atomic E-state index is -0.100. The van der Waals surface area contributed by atoms with Crippen LogP contribution in [0.5, 0.6) is 0 Å². The van der Waals surface area contributed by atoms with E-state index in [1.165, 1.54) is 0 Å². The van der Waals surface area contributed by atoms with Gasteiger partial charge in [-0.2, -0.15) is 0 Å². The SMILES string of the molecule is O=C(CC1CCNCC1)OCc1ccc(Cl)cc1. The normalized spacial score (nSPS) is 16.5. The van der Waals surface area contributed by atoms with E-state index in [2.05, 4.69) is 5.32 Å². The third-order valence-electron chi connectivity index (χ3n) is 3.23. The molecule has 4 heteroatoms. The first-order valence-electron chi connectivity index (χ1n) is 6.35. The van der Waals surface area contributed by atoms with Gasteiger partial charge in [0.2, 0.25) is 0 Å². The number of carbonyl (C=O) groups is 1. The Morgan fingerprint density at radius 2 is 1.94 bits per heavy atom. The number of carbonyl (C=O) groups excluding carboxylic acids is 1. The summed E-state index contributed by atoms with van der Waals surface area (Å²) in [5, 5.41) is 3.98.